The average molecular weight is 353 g/mol. The minimum atomic E-state index is -0.755. The van der Waals surface area contributed by atoms with Gasteiger partial charge in [0.05, 0.1) is 9.85 Å². The number of hydrogen-bond acceptors (Lipinski definition) is 7. The van der Waals surface area contributed by atoms with Crippen molar-refractivity contribution >= 4 is 29.3 Å². The molecule has 2 aromatic carbocycles. The SMILES string of the molecule is Cc1ccc([N+](=O)[O-])c(C2=N/C(=C\c3ccc([N+](=O)[O-])cc3)C(=O)O2)c1. The summed E-state index contributed by atoms with van der Waals surface area (Å²) in [6.07, 6.45) is 1.39. The third-order valence-electron chi connectivity index (χ3n) is 3.61. The average Bonchev–Trinajstić information content (AvgIpc) is 2.95. The molecule has 0 amide bonds. The van der Waals surface area contributed by atoms with E-state index in [0.717, 1.165) is 5.56 Å². The van der Waals surface area contributed by atoms with Gasteiger partial charge in [0.2, 0.25) is 5.90 Å². The molecule has 0 aromatic heterocycles. The molecule has 0 saturated heterocycles. The number of rotatable bonds is 4. The fraction of sp³-hybridized carbons (Fsp3) is 0.0588. The van der Waals surface area contributed by atoms with Crippen molar-refractivity contribution in [2.45, 2.75) is 6.92 Å². The van der Waals surface area contributed by atoms with E-state index < -0.39 is 15.8 Å². The molecule has 0 radical (unpaired) electrons. The number of aliphatic imine (C=N–C) groups is 1. The van der Waals surface area contributed by atoms with E-state index in [9.17, 15) is 25.0 Å². The third kappa shape index (κ3) is 3.31. The lowest BCUT2D eigenvalue weighted by Crippen LogP contribution is -2.08. The first-order valence-electron chi connectivity index (χ1n) is 7.37. The summed E-state index contributed by atoms with van der Waals surface area (Å²) < 4.78 is 5.07. The summed E-state index contributed by atoms with van der Waals surface area (Å²) in [6, 6.07) is 9.91. The molecule has 9 nitrogen and oxygen atoms in total. The van der Waals surface area contributed by atoms with Crippen LogP contribution in [0, 0.1) is 27.2 Å². The number of nitro benzene ring substituents is 2. The van der Waals surface area contributed by atoms with Crippen LogP contribution in [0.5, 0.6) is 0 Å². The van der Waals surface area contributed by atoms with Gasteiger partial charge in [-0.1, -0.05) is 6.07 Å². The highest BCUT2D eigenvalue weighted by Crippen LogP contribution is 2.26. The van der Waals surface area contributed by atoms with Crippen LogP contribution in [-0.4, -0.2) is 21.7 Å². The molecule has 130 valence electrons. The second kappa shape index (κ2) is 6.55. The Morgan fingerprint density at radius 2 is 1.73 bits per heavy atom. The minimum Gasteiger partial charge on any atom is -0.402 e. The number of hydrogen-bond donors (Lipinski definition) is 0. The lowest BCUT2D eigenvalue weighted by Gasteiger charge is -2.02. The quantitative estimate of drug-likeness (QED) is 0.360. The Morgan fingerprint density at radius 1 is 1.04 bits per heavy atom. The number of carbonyl (C=O) groups is 1. The van der Waals surface area contributed by atoms with E-state index in [4.69, 9.17) is 4.74 Å². The highest BCUT2D eigenvalue weighted by Gasteiger charge is 2.29. The Morgan fingerprint density at radius 3 is 2.35 bits per heavy atom. The first-order chi connectivity index (χ1) is 12.3. The van der Waals surface area contributed by atoms with Crippen molar-refractivity contribution in [1.29, 1.82) is 0 Å². The predicted molar refractivity (Wildman–Crippen MR) is 91.5 cm³/mol. The molecular weight excluding hydrogens is 342 g/mol. The summed E-state index contributed by atoms with van der Waals surface area (Å²) in [5.74, 6) is -0.910. The zero-order valence-electron chi connectivity index (χ0n) is 13.4. The normalized spacial score (nSPS) is 14.9. The molecule has 1 aliphatic heterocycles. The number of ether oxygens (including phenoxy) is 1. The molecule has 0 saturated carbocycles. The molecule has 3 rings (SSSR count). The highest BCUT2D eigenvalue weighted by atomic mass is 16.6. The summed E-state index contributed by atoms with van der Waals surface area (Å²) in [4.78, 5) is 36.8. The Hall–Kier alpha value is -3.88. The van der Waals surface area contributed by atoms with Crippen molar-refractivity contribution in [3.63, 3.8) is 0 Å². The van der Waals surface area contributed by atoms with Gasteiger partial charge in [-0.15, -0.1) is 0 Å². The molecule has 26 heavy (non-hydrogen) atoms. The number of non-ortho nitro benzene ring substituents is 1. The Bertz CT molecular complexity index is 992. The van der Waals surface area contributed by atoms with Gasteiger partial charge in [-0.3, -0.25) is 20.2 Å². The number of esters is 1. The molecule has 0 fully saturated rings. The molecule has 0 spiro atoms. The van der Waals surface area contributed by atoms with Crippen molar-refractivity contribution < 1.29 is 19.4 Å². The van der Waals surface area contributed by atoms with Crippen LogP contribution in [0.2, 0.25) is 0 Å². The zero-order valence-corrected chi connectivity index (χ0v) is 13.4. The van der Waals surface area contributed by atoms with Crippen LogP contribution in [0.15, 0.2) is 53.2 Å². The molecule has 0 unspecified atom stereocenters. The monoisotopic (exact) mass is 353 g/mol. The van der Waals surface area contributed by atoms with Gasteiger partial charge in [-0.2, -0.15) is 0 Å². The fourth-order valence-corrected chi connectivity index (χ4v) is 2.35. The van der Waals surface area contributed by atoms with Gasteiger partial charge in [-0.05, 0) is 42.3 Å². The molecular formula is C17H11N3O6. The topological polar surface area (TPSA) is 125 Å². The van der Waals surface area contributed by atoms with Crippen molar-refractivity contribution in [3.05, 3.63) is 85.1 Å². The standard InChI is InChI=1S/C17H11N3O6/c1-10-2-7-15(20(24)25)13(8-10)16-18-14(17(21)26-16)9-11-3-5-12(6-4-11)19(22)23/h2-9H,1H3/b14-9-. The number of nitro groups is 2. The minimum absolute atomic E-state index is 0.0512. The van der Waals surface area contributed by atoms with E-state index in [1.54, 1.807) is 13.0 Å². The summed E-state index contributed by atoms with van der Waals surface area (Å²) >= 11 is 0. The summed E-state index contributed by atoms with van der Waals surface area (Å²) in [7, 11) is 0. The first kappa shape index (κ1) is 17.0. The summed E-state index contributed by atoms with van der Waals surface area (Å²) in [5, 5.41) is 21.8. The van der Waals surface area contributed by atoms with Crippen LogP contribution in [0.4, 0.5) is 11.4 Å². The van der Waals surface area contributed by atoms with Gasteiger partial charge in [0.25, 0.3) is 11.4 Å². The first-order valence-corrected chi connectivity index (χ1v) is 7.37. The lowest BCUT2D eigenvalue weighted by molar-refractivity contribution is -0.385. The largest absolute Gasteiger partial charge is 0.402 e. The van der Waals surface area contributed by atoms with Crippen LogP contribution in [0.25, 0.3) is 6.08 Å². The number of nitrogens with zero attached hydrogens (tertiary/aromatic N) is 3. The van der Waals surface area contributed by atoms with Crippen LogP contribution in [0.3, 0.4) is 0 Å². The van der Waals surface area contributed by atoms with E-state index in [2.05, 4.69) is 4.99 Å². The molecule has 1 heterocycles. The predicted octanol–water partition coefficient (Wildman–Crippen LogP) is 3.16. The maximum absolute atomic E-state index is 12.0. The second-order valence-corrected chi connectivity index (χ2v) is 5.46. The third-order valence-corrected chi connectivity index (χ3v) is 3.61. The summed E-state index contributed by atoms with van der Waals surface area (Å²) in [5.41, 5.74) is 1.00. The molecule has 0 N–H and O–H groups in total. The van der Waals surface area contributed by atoms with E-state index in [-0.39, 0.29) is 28.5 Å². The van der Waals surface area contributed by atoms with Crippen LogP contribution < -0.4 is 0 Å². The molecule has 9 heteroatoms. The Balaban J connectivity index is 1.98. The zero-order chi connectivity index (χ0) is 18.8. The molecule has 1 aliphatic rings. The second-order valence-electron chi connectivity index (χ2n) is 5.46. The maximum Gasteiger partial charge on any atom is 0.363 e. The van der Waals surface area contributed by atoms with Gasteiger partial charge in [0.15, 0.2) is 5.70 Å². The van der Waals surface area contributed by atoms with Crippen molar-refractivity contribution in [3.8, 4) is 0 Å². The summed E-state index contributed by atoms with van der Waals surface area (Å²) in [6.45, 7) is 1.75. The molecule has 0 bridgehead atoms. The fourth-order valence-electron chi connectivity index (χ4n) is 2.35. The Kier molecular flexibility index (Phi) is 4.27. The molecule has 2 aromatic rings. The van der Waals surface area contributed by atoms with E-state index in [0.29, 0.717) is 5.56 Å². The number of carbonyl (C=O) groups excluding carboxylic acids is 1. The van der Waals surface area contributed by atoms with Crippen molar-refractivity contribution in [1.82, 2.24) is 0 Å². The van der Waals surface area contributed by atoms with Gasteiger partial charge in [0.1, 0.15) is 5.56 Å². The number of aryl methyl sites for hydroxylation is 1. The van der Waals surface area contributed by atoms with Crippen LogP contribution >= 0.6 is 0 Å². The van der Waals surface area contributed by atoms with E-state index >= 15 is 0 Å². The van der Waals surface area contributed by atoms with Gasteiger partial charge >= 0.3 is 5.97 Å². The van der Waals surface area contributed by atoms with Gasteiger partial charge in [0, 0.05) is 18.2 Å². The smallest absolute Gasteiger partial charge is 0.363 e. The number of cyclic esters (lactones) is 1. The molecule has 0 atom stereocenters. The van der Waals surface area contributed by atoms with Crippen molar-refractivity contribution in [2.24, 2.45) is 4.99 Å². The highest BCUT2D eigenvalue weighted by molar-refractivity contribution is 6.14. The van der Waals surface area contributed by atoms with E-state index in [1.807, 2.05) is 0 Å². The van der Waals surface area contributed by atoms with Crippen molar-refractivity contribution in [2.75, 3.05) is 0 Å². The van der Waals surface area contributed by atoms with Crippen LogP contribution in [0.1, 0.15) is 16.7 Å². The Labute approximate surface area is 146 Å². The lowest BCUT2D eigenvalue weighted by atomic mass is 10.1. The van der Waals surface area contributed by atoms with Gasteiger partial charge in [-0.25, -0.2) is 9.79 Å². The number of benzene rings is 2. The van der Waals surface area contributed by atoms with Gasteiger partial charge < -0.3 is 4.74 Å². The van der Waals surface area contributed by atoms with Crippen LogP contribution in [-0.2, 0) is 9.53 Å². The molecule has 0 aliphatic carbocycles. The van der Waals surface area contributed by atoms with E-state index in [1.165, 1.54) is 42.5 Å². The maximum atomic E-state index is 12.0.